The second-order valence-electron chi connectivity index (χ2n) is 5.81. The number of hydrogen-bond acceptors (Lipinski definition) is 2. The Morgan fingerprint density at radius 2 is 2.15 bits per heavy atom. The van der Waals surface area contributed by atoms with Crippen molar-refractivity contribution in [3.05, 3.63) is 29.8 Å². The SMILES string of the molecule is CC(C)Oc1cccc(C(=O)N(C)CC2CC(Cl)C2)c1. The summed E-state index contributed by atoms with van der Waals surface area (Å²) in [5.74, 6) is 1.32. The number of hydrogen-bond donors (Lipinski definition) is 0. The Bertz CT molecular complexity index is 469. The van der Waals surface area contributed by atoms with Gasteiger partial charge in [0.2, 0.25) is 0 Å². The van der Waals surface area contributed by atoms with Gasteiger partial charge < -0.3 is 9.64 Å². The summed E-state index contributed by atoms with van der Waals surface area (Å²) in [4.78, 5) is 14.2. The molecule has 0 N–H and O–H groups in total. The van der Waals surface area contributed by atoms with Gasteiger partial charge in [-0.1, -0.05) is 6.07 Å². The highest BCUT2D eigenvalue weighted by Crippen LogP contribution is 2.32. The summed E-state index contributed by atoms with van der Waals surface area (Å²) in [7, 11) is 1.85. The molecule has 1 aromatic carbocycles. The Morgan fingerprint density at radius 1 is 1.45 bits per heavy atom. The quantitative estimate of drug-likeness (QED) is 0.777. The van der Waals surface area contributed by atoms with Crippen LogP contribution in [0.3, 0.4) is 0 Å². The van der Waals surface area contributed by atoms with Crippen molar-refractivity contribution in [1.82, 2.24) is 4.90 Å². The van der Waals surface area contributed by atoms with Crippen LogP contribution in [0.5, 0.6) is 5.75 Å². The summed E-state index contributed by atoms with van der Waals surface area (Å²) < 4.78 is 5.62. The molecule has 110 valence electrons. The maximum Gasteiger partial charge on any atom is 0.253 e. The molecule has 0 spiro atoms. The molecule has 0 saturated heterocycles. The van der Waals surface area contributed by atoms with Gasteiger partial charge in [-0.3, -0.25) is 4.79 Å². The lowest BCUT2D eigenvalue weighted by atomic mass is 9.84. The van der Waals surface area contributed by atoms with Gasteiger partial charge in [0.25, 0.3) is 5.91 Å². The van der Waals surface area contributed by atoms with Gasteiger partial charge >= 0.3 is 0 Å². The number of ether oxygens (including phenoxy) is 1. The van der Waals surface area contributed by atoms with Gasteiger partial charge in [0.05, 0.1) is 6.10 Å². The number of halogens is 1. The Labute approximate surface area is 125 Å². The predicted octanol–water partition coefficient (Wildman–Crippen LogP) is 3.56. The van der Waals surface area contributed by atoms with E-state index < -0.39 is 0 Å². The standard InChI is InChI=1S/C16H22ClNO2/c1-11(2)20-15-6-4-5-13(9-15)16(19)18(3)10-12-7-14(17)8-12/h4-6,9,11-12,14H,7-8,10H2,1-3H3. The lowest BCUT2D eigenvalue weighted by Gasteiger charge is -2.34. The molecule has 1 aliphatic carbocycles. The zero-order chi connectivity index (χ0) is 14.7. The third kappa shape index (κ3) is 3.89. The molecule has 4 heteroatoms. The number of benzene rings is 1. The van der Waals surface area contributed by atoms with Gasteiger partial charge in [0.1, 0.15) is 5.75 Å². The first-order chi connectivity index (χ1) is 9.45. The van der Waals surface area contributed by atoms with Gasteiger partial charge in [0.15, 0.2) is 0 Å². The molecule has 1 saturated carbocycles. The van der Waals surface area contributed by atoms with Crippen LogP contribution >= 0.6 is 11.6 Å². The van der Waals surface area contributed by atoms with Crippen LogP contribution in [0.15, 0.2) is 24.3 Å². The van der Waals surface area contributed by atoms with E-state index in [-0.39, 0.29) is 12.0 Å². The molecule has 0 atom stereocenters. The summed E-state index contributed by atoms with van der Waals surface area (Å²) in [5.41, 5.74) is 0.674. The van der Waals surface area contributed by atoms with Gasteiger partial charge in [-0.15, -0.1) is 11.6 Å². The van der Waals surface area contributed by atoms with E-state index in [0.717, 1.165) is 25.1 Å². The molecule has 3 nitrogen and oxygen atoms in total. The monoisotopic (exact) mass is 295 g/mol. The molecule has 1 fully saturated rings. The van der Waals surface area contributed by atoms with Crippen LogP contribution in [0.4, 0.5) is 0 Å². The summed E-state index contributed by atoms with van der Waals surface area (Å²) in [6.07, 6.45) is 2.12. The summed E-state index contributed by atoms with van der Waals surface area (Å²) in [6.45, 7) is 4.72. The van der Waals surface area contributed by atoms with Crippen LogP contribution in [-0.4, -0.2) is 35.9 Å². The highest BCUT2D eigenvalue weighted by Gasteiger charge is 2.29. The van der Waals surface area contributed by atoms with Crippen LogP contribution in [0.25, 0.3) is 0 Å². The Hall–Kier alpha value is -1.22. The van der Waals surface area contributed by atoms with Crippen LogP contribution < -0.4 is 4.74 Å². The average molecular weight is 296 g/mol. The number of amides is 1. The molecule has 2 rings (SSSR count). The van der Waals surface area contributed by atoms with E-state index in [4.69, 9.17) is 16.3 Å². The van der Waals surface area contributed by atoms with Crippen molar-refractivity contribution >= 4 is 17.5 Å². The van der Waals surface area contributed by atoms with E-state index in [1.54, 1.807) is 4.90 Å². The number of nitrogens with zero attached hydrogens (tertiary/aromatic N) is 1. The molecule has 0 unspecified atom stereocenters. The normalized spacial score (nSPS) is 21.4. The molecule has 0 aromatic heterocycles. The smallest absolute Gasteiger partial charge is 0.253 e. The first-order valence-corrected chi connectivity index (χ1v) is 7.55. The van der Waals surface area contributed by atoms with Gasteiger partial charge in [-0.05, 0) is 50.8 Å². The summed E-state index contributed by atoms with van der Waals surface area (Å²) in [5, 5.41) is 0.297. The van der Waals surface area contributed by atoms with Crippen molar-refractivity contribution in [2.24, 2.45) is 5.92 Å². The molecule has 20 heavy (non-hydrogen) atoms. The third-order valence-corrected chi connectivity index (χ3v) is 3.87. The highest BCUT2D eigenvalue weighted by atomic mass is 35.5. The second-order valence-corrected chi connectivity index (χ2v) is 6.43. The maximum atomic E-state index is 12.4. The Balaban J connectivity index is 1.97. The molecule has 0 radical (unpaired) electrons. The molecular weight excluding hydrogens is 274 g/mol. The van der Waals surface area contributed by atoms with Crippen molar-refractivity contribution in [2.75, 3.05) is 13.6 Å². The van der Waals surface area contributed by atoms with E-state index in [2.05, 4.69) is 0 Å². The van der Waals surface area contributed by atoms with E-state index in [1.807, 2.05) is 45.2 Å². The number of rotatable bonds is 5. The zero-order valence-electron chi connectivity index (χ0n) is 12.3. The van der Waals surface area contributed by atoms with Gasteiger partial charge in [0, 0.05) is 24.5 Å². The van der Waals surface area contributed by atoms with E-state index >= 15 is 0 Å². The van der Waals surface area contributed by atoms with E-state index in [9.17, 15) is 4.79 Å². The molecule has 0 bridgehead atoms. The molecule has 1 amide bonds. The van der Waals surface area contributed by atoms with E-state index in [0.29, 0.717) is 16.9 Å². The van der Waals surface area contributed by atoms with Gasteiger partial charge in [-0.25, -0.2) is 0 Å². The molecule has 1 aromatic rings. The fourth-order valence-electron chi connectivity index (χ4n) is 2.47. The van der Waals surface area contributed by atoms with E-state index in [1.165, 1.54) is 0 Å². The summed E-state index contributed by atoms with van der Waals surface area (Å²) >= 11 is 5.97. The first-order valence-electron chi connectivity index (χ1n) is 7.12. The fourth-order valence-corrected chi connectivity index (χ4v) is 2.97. The Kier molecular flexibility index (Phi) is 4.92. The zero-order valence-corrected chi connectivity index (χ0v) is 13.1. The minimum atomic E-state index is 0.0391. The minimum Gasteiger partial charge on any atom is -0.491 e. The van der Waals surface area contributed by atoms with Gasteiger partial charge in [-0.2, -0.15) is 0 Å². The van der Waals surface area contributed by atoms with Crippen molar-refractivity contribution < 1.29 is 9.53 Å². The van der Waals surface area contributed by atoms with Crippen LogP contribution in [0.1, 0.15) is 37.0 Å². The molecule has 0 aliphatic heterocycles. The fraction of sp³-hybridized carbons (Fsp3) is 0.562. The highest BCUT2D eigenvalue weighted by molar-refractivity contribution is 6.21. The lowest BCUT2D eigenvalue weighted by Crippen LogP contribution is -2.37. The Morgan fingerprint density at radius 3 is 2.75 bits per heavy atom. The molecule has 1 aliphatic rings. The van der Waals surface area contributed by atoms with Crippen molar-refractivity contribution in [3.63, 3.8) is 0 Å². The second kappa shape index (κ2) is 6.49. The molecule has 0 heterocycles. The predicted molar refractivity (Wildman–Crippen MR) is 81.5 cm³/mol. The summed E-state index contributed by atoms with van der Waals surface area (Å²) in [6, 6.07) is 7.37. The largest absolute Gasteiger partial charge is 0.491 e. The number of alkyl halides is 1. The topological polar surface area (TPSA) is 29.5 Å². The number of carbonyl (C=O) groups is 1. The molecular formula is C16H22ClNO2. The van der Waals surface area contributed by atoms with Crippen molar-refractivity contribution in [3.8, 4) is 5.75 Å². The lowest BCUT2D eigenvalue weighted by molar-refractivity contribution is 0.0746. The van der Waals surface area contributed by atoms with Crippen LogP contribution in [0, 0.1) is 5.92 Å². The van der Waals surface area contributed by atoms with Crippen LogP contribution in [-0.2, 0) is 0 Å². The minimum absolute atomic E-state index is 0.0391. The average Bonchev–Trinajstić information content (AvgIpc) is 2.35. The maximum absolute atomic E-state index is 12.4. The van der Waals surface area contributed by atoms with Crippen molar-refractivity contribution in [2.45, 2.75) is 38.2 Å². The number of carbonyl (C=O) groups excluding carboxylic acids is 1. The first kappa shape index (κ1) is 15.2. The third-order valence-electron chi connectivity index (χ3n) is 3.51. The van der Waals surface area contributed by atoms with Crippen molar-refractivity contribution in [1.29, 1.82) is 0 Å². The van der Waals surface area contributed by atoms with Crippen LogP contribution in [0.2, 0.25) is 0 Å².